The van der Waals surface area contributed by atoms with Crippen molar-refractivity contribution in [2.45, 2.75) is 13.8 Å². The van der Waals surface area contributed by atoms with Crippen molar-refractivity contribution < 1.29 is 33.0 Å². The lowest BCUT2D eigenvalue weighted by atomic mass is 10.1. The molecule has 0 bridgehead atoms. The Bertz CT molecular complexity index is 1660. The van der Waals surface area contributed by atoms with Crippen LogP contribution in [0.25, 0.3) is 32.8 Å². The van der Waals surface area contributed by atoms with E-state index in [2.05, 4.69) is 28.4 Å². The predicted molar refractivity (Wildman–Crippen MR) is 157 cm³/mol. The highest BCUT2D eigenvalue weighted by atomic mass is 32.1. The van der Waals surface area contributed by atoms with Gasteiger partial charge >= 0.3 is 0 Å². The van der Waals surface area contributed by atoms with Crippen molar-refractivity contribution in [2.75, 3.05) is 40.4 Å². The molecule has 0 aliphatic carbocycles. The average molecular weight is 576 g/mol. The molecule has 10 nitrogen and oxygen atoms in total. The highest BCUT2D eigenvalue weighted by Crippen LogP contribution is 2.42. The second kappa shape index (κ2) is 11.8. The molecule has 0 unspecified atom stereocenters. The van der Waals surface area contributed by atoms with Crippen molar-refractivity contribution in [3.05, 3.63) is 59.7 Å². The molecule has 5 aromatic rings. The normalized spacial score (nSPS) is 10.9. The van der Waals surface area contributed by atoms with Crippen LogP contribution in [0.4, 0.5) is 5.13 Å². The van der Waals surface area contributed by atoms with E-state index in [1.807, 2.05) is 19.1 Å². The molecule has 1 N–H and O–H groups in total. The van der Waals surface area contributed by atoms with Crippen LogP contribution in [0.5, 0.6) is 28.7 Å². The Labute approximate surface area is 240 Å². The summed E-state index contributed by atoms with van der Waals surface area (Å²) < 4.78 is 34.2. The molecule has 0 atom stereocenters. The Balaban J connectivity index is 1.33. The van der Waals surface area contributed by atoms with E-state index in [9.17, 15) is 4.79 Å². The van der Waals surface area contributed by atoms with E-state index in [0.717, 1.165) is 21.3 Å². The number of amides is 1. The molecule has 3 aromatic carbocycles. The zero-order valence-electron chi connectivity index (χ0n) is 23.5. The Kier molecular flexibility index (Phi) is 7.97. The van der Waals surface area contributed by atoms with Gasteiger partial charge in [0.05, 0.1) is 38.7 Å². The molecule has 0 radical (unpaired) electrons. The lowest BCUT2D eigenvalue weighted by molar-refractivity contribution is -0.118. The van der Waals surface area contributed by atoms with Crippen LogP contribution in [0.1, 0.15) is 11.1 Å². The molecule has 0 aliphatic rings. The van der Waals surface area contributed by atoms with Crippen LogP contribution in [0.3, 0.4) is 0 Å². The fourth-order valence-corrected chi connectivity index (χ4v) is 5.21. The Morgan fingerprint density at radius 1 is 0.829 bits per heavy atom. The molecule has 2 aromatic heterocycles. The summed E-state index contributed by atoms with van der Waals surface area (Å²) in [5, 5.41) is 7.55. The number of carbonyl (C=O) groups is 1. The van der Waals surface area contributed by atoms with Crippen LogP contribution in [0.15, 0.2) is 53.1 Å². The number of hydrogen-bond donors (Lipinski definition) is 1. The average Bonchev–Trinajstić information content (AvgIpc) is 3.62. The van der Waals surface area contributed by atoms with Crippen molar-refractivity contribution in [3.8, 4) is 51.3 Å². The summed E-state index contributed by atoms with van der Waals surface area (Å²) in [5.41, 5.74) is 5.15. The minimum absolute atomic E-state index is 0.235. The topological polar surface area (TPSA) is 114 Å². The van der Waals surface area contributed by atoms with Gasteiger partial charge in [-0.1, -0.05) is 16.5 Å². The van der Waals surface area contributed by atoms with Gasteiger partial charge in [-0.25, -0.2) is 4.98 Å². The number of anilines is 1. The van der Waals surface area contributed by atoms with Gasteiger partial charge in [0, 0.05) is 17.2 Å². The molecule has 2 heterocycles. The maximum absolute atomic E-state index is 12.7. The first-order valence-electron chi connectivity index (χ1n) is 12.6. The lowest BCUT2D eigenvalue weighted by Crippen LogP contribution is -2.20. The minimum Gasteiger partial charge on any atom is -0.493 e. The molecule has 0 spiro atoms. The number of nitrogens with one attached hydrogen (secondary N) is 1. The van der Waals surface area contributed by atoms with Crippen molar-refractivity contribution >= 4 is 32.6 Å². The van der Waals surface area contributed by atoms with Gasteiger partial charge < -0.3 is 28.2 Å². The maximum atomic E-state index is 12.7. The Hall–Kier alpha value is -4.77. The molecule has 0 aliphatic heterocycles. The number of hydrogen-bond acceptors (Lipinski definition) is 10. The summed E-state index contributed by atoms with van der Waals surface area (Å²) in [6, 6.07) is 14.7. The number of nitrogens with zero attached hydrogens (tertiary/aromatic N) is 2. The quantitative estimate of drug-likeness (QED) is 0.205. The van der Waals surface area contributed by atoms with Crippen LogP contribution in [0, 0.1) is 13.8 Å². The zero-order valence-corrected chi connectivity index (χ0v) is 24.3. The smallest absolute Gasteiger partial charge is 0.264 e. The highest BCUT2D eigenvalue weighted by molar-refractivity contribution is 7.22. The first-order valence-corrected chi connectivity index (χ1v) is 13.4. The van der Waals surface area contributed by atoms with Crippen molar-refractivity contribution in [2.24, 2.45) is 0 Å². The number of aromatic nitrogens is 2. The van der Waals surface area contributed by atoms with E-state index >= 15 is 0 Å². The summed E-state index contributed by atoms with van der Waals surface area (Å²) >= 11 is 1.42. The first-order chi connectivity index (χ1) is 19.8. The number of benzene rings is 3. The Morgan fingerprint density at radius 2 is 1.51 bits per heavy atom. The van der Waals surface area contributed by atoms with E-state index in [0.29, 0.717) is 50.9 Å². The summed E-state index contributed by atoms with van der Waals surface area (Å²) in [7, 11) is 6.18. The first kappa shape index (κ1) is 27.8. The molecule has 0 fully saturated rings. The zero-order chi connectivity index (χ0) is 29.1. The Morgan fingerprint density at radius 3 is 2.20 bits per heavy atom. The lowest BCUT2D eigenvalue weighted by Gasteiger charge is -2.13. The van der Waals surface area contributed by atoms with E-state index in [1.54, 1.807) is 51.7 Å². The van der Waals surface area contributed by atoms with Crippen LogP contribution in [0.2, 0.25) is 0 Å². The molecular weight excluding hydrogens is 546 g/mol. The number of ether oxygens (including phenoxy) is 5. The molecule has 0 saturated heterocycles. The molecule has 212 valence electrons. The third kappa shape index (κ3) is 5.75. The number of thiazole rings is 1. The fourth-order valence-electron chi connectivity index (χ4n) is 4.25. The minimum atomic E-state index is -0.339. The summed E-state index contributed by atoms with van der Waals surface area (Å²) in [4.78, 5) is 17.2. The van der Waals surface area contributed by atoms with Gasteiger partial charge in [-0.2, -0.15) is 0 Å². The second-order valence-corrected chi connectivity index (χ2v) is 10.1. The molecule has 0 saturated carbocycles. The molecular formula is C30H29N3O7S. The standard InChI is InChI=1S/C30H29N3O7S/c1-16-9-21-27(10-17(16)2)41-30(31-21)32-28(34)15-39-24-11-18(7-8-22(24)35-3)23-14-20(33-40-23)19-12-25(36-4)29(38-6)26(13-19)37-5/h7-14H,15H2,1-6H3,(H,31,32,34). The van der Waals surface area contributed by atoms with Gasteiger partial charge in [-0.05, 0) is 67.4 Å². The monoisotopic (exact) mass is 575 g/mol. The molecule has 1 amide bonds. The number of rotatable bonds is 10. The maximum Gasteiger partial charge on any atom is 0.264 e. The molecule has 41 heavy (non-hydrogen) atoms. The van der Waals surface area contributed by atoms with E-state index < -0.39 is 0 Å². The number of carbonyl (C=O) groups excluding carboxylic acids is 1. The van der Waals surface area contributed by atoms with Gasteiger partial charge in [0.15, 0.2) is 40.5 Å². The summed E-state index contributed by atoms with van der Waals surface area (Å²) in [6.07, 6.45) is 0. The SMILES string of the molecule is COc1ccc(-c2cc(-c3cc(OC)c(OC)c(OC)c3)no2)cc1OCC(=O)Nc1nc2cc(C)c(C)cc2s1. The molecule has 5 rings (SSSR count). The van der Waals surface area contributed by atoms with E-state index in [1.165, 1.54) is 24.0 Å². The number of fused-ring (bicyclic) bond motifs is 1. The van der Waals surface area contributed by atoms with Crippen LogP contribution in [-0.2, 0) is 4.79 Å². The second-order valence-electron chi connectivity index (χ2n) is 9.12. The van der Waals surface area contributed by atoms with Gasteiger partial charge in [0.25, 0.3) is 5.91 Å². The van der Waals surface area contributed by atoms with Crippen LogP contribution < -0.4 is 29.0 Å². The predicted octanol–water partition coefficient (Wildman–Crippen LogP) is 6.29. The van der Waals surface area contributed by atoms with Crippen LogP contribution in [-0.4, -0.2) is 51.1 Å². The fraction of sp³-hybridized carbons (Fsp3) is 0.233. The van der Waals surface area contributed by atoms with Gasteiger partial charge in [-0.15, -0.1) is 0 Å². The van der Waals surface area contributed by atoms with Crippen LogP contribution >= 0.6 is 11.3 Å². The third-order valence-corrected chi connectivity index (χ3v) is 7.46. The number of aryl methyl sites for hydroxylation is 2. The van der Waals surface area contributed by atoms with Crippen molar-refractivity contribution in [3.63, 3.8) is 0 Å². The largest absolute Gasteiger partial charge is 0.493 e. The van der Waals surface area contributed by atoms with E-state index in [4.69, 9.17) is 28.2 Å². The summed E-state index contributed by atoms with van der Waals surface area (Å²) in [6.45, 7) is 3.85. The van der Waals surface area contributed by atoms with Gasteiger partial charge in [-0.3, -0.25) is 10.1 Å². The molecule has 11 heteroatoms. The van der Waals surface area contributed by atoms with E-state index in [-0.39, 0.29) is 12.5 Å². The third-order valence-electron chi connectivity index (χ3n) is 6.53. The van der Waals surface area contributed by atoms with Crippen molar-refractivity contribution in [1.82, 2.24) is 10.1 Å². The summed E-state index contributed by atoms with van der Waals surface area (Å²) in [5.74, 6) is 2.48. The highest BCUT2D eigenvalue weighted by Gasteiger charge is 2.18. The number of methoxy groups -OCH3 is 4. The van der Waals surface area contributed by atoms with Gasteiger partial charge in [0.1, 0.15) is 5.69 Å². The van der Waals surface area contributed by atoms with Crippen molar-refractivity contribution in [1.29, 1.82) is 0 Å². The van der Waals surface area contributed by atoms with Gasteiger partial charge in [0.2, 0.25) is 5.75 Å².